The lowest BCUT2D eigenvalue weighted by molar-refractivity contribution is 0.402. The summed E-state index contributed by atoms with van der Waals surface area (Å²) >= 11 is 0. The molecular weight excluding hydrogens is 110 g/mol. The molecule has 0 aliphatic heterocycles. The molecule has 0 aromatic rings. The Bertz CT molecular complexity index is 74.6. The van der Waals surface area contributed by atoms with Crippen molar-refractivity contribution in [3.05, 3.63) is 12.2 Å². The van der Waals surface area contributed by atoms with Crippen molar-refractivity contribution in [1.82, 2.24) is 4.90 Å². The molecule has 1 heteroatoms. The van der Waals surface area contributed by atoms with Crippen molar-refractivity contribution in [2.24, 2.45) is 0 Å². The molecule has 0 atom stereocenters. The predicted molar refractivity (Wildman–Crippen MR) is 42.6 cm³/mol. The summed E-state index contributed by atoms with van der Waals surface area (Å²) in [6, 6.07) is 0. The summed E-state index contributed by atoms with van der Waals surface area (Å²) in [6.45, 7) is 3.26. The van der Waals surface area contributed by atoms with Crippen LogP contribution in [0.1, 0.15) is 19.8 Å². The van der Waals surface area contributed by atoms with Crippen LogP contribution in [0.15, 0.2) is 12.2 Å². The van der Waals surface area contributed by atoms with Gasteiger partial charge in [0, 0.05) is 0 Å². The third kappa shape index (κ3) is 7.70. The summed E-state index contributed by atoms with van der Waals surface area (Å²) in [5, 5.41) is 0. The van der Waals surface area contributed by atoms with E-state index >= 15 is 0 Å². The smallest absolute Gasteiger partial charge is 0.00219 e. The van der Waals surface area contributed by atoms with Crippen LogP contribution in [0.25, 0.3) is 0 Å². The number of rotatable bonds is 4. The molecule has 0 aromatic carbocycles. The van der Waals surface area contributed by atoms with Crippen molar-refractivity contribution in [2.45, 2.75) is 19.8 Å². The van der Waals surface area contributed by atoms with Gasteiger partial charge < -0.3 is 4.90 Å². The van der Waals surface area contributed by atoms with Crippen LogP contribution in [0.2, 0.25) is 0 Å². The Kier molecular flexibility index (Phi) is 5.64. The van der Waals surface area contributed by atoms with Crippen LogP contribution in [0.5, 0.6) is 0 Å². The van der Waals surface area contributed by atoms with Crippen LogP contribution in [-0.2, 0) is 0 Å². The lowest BCUT2D eigenvalue weighted by Gasteiger charge is -2.06. The van der Waals surface area contributed by atoms with Crippen molar-refractivity contribution in [2.75, 3.05) is 20.6 Å². The van der Waals surface area contributed by atoms with Gasteiger partial charge in [-0.05, 0) is 40.4 Å². The van der Waals surface area contributed by atoms with Crippen LogP contribution in [0.4, 0.5) is 0 Å². The molecule has 0 aliphatic rings. The molecule has 1 nitrogen and oxygen atoms in total. The standard InChI is InChI=1S/C8H17N/c1-4-5-6-7-8-9(2)3/h4-5H,6-8H2,1-3H3. The van der Waals surface area contributed by atoms with E-state index in [1.807, 2.05) is 0 Å². The average Bonchev–Trinajstić information content (AvgIpc) is 1.80. The summed E-state index contributed by atoms with van der Waals surface area (Å²) in [7, 11) is 4.21. The van der Waals surface area contributed by atoms with Crippen molar-refractivity contribution < 1.29 is 0 Å². The van der Waals surface area contributed by atoms with Gasteiger partial charge in [0.25, 0.3) is 0 Å². The van der Waals surface area contributed by atoms with Gasteiger partial charge in [-0.2, -0.15) is 0 Å². The van der Waals surface area contributed by atoms with Crippen LogP contribution >= 0.6 is 0 Å². The Morgan fingerprint density at radius 1 is 1.33 bits per heavy atom. The van der Waals surface area contributed by atoms with E-state index in [2.05, 4.69) is 38.1 Å². The van der Waals surface area contributed by atoms with E-state index in [4.69, 9.17) is 0 Å². The number of unbranched alkanes of at least 4 members (excludes halogenated alkanes) is 1. The van der Waals surface area contributed by atoms with Gasteiger partial charge in [0.2, 0.25) is 0 Å². The molecule has 0 aromatic heterocycles. The van der Waals surface area contributed by atoms with E-state index < -0.39 is 0 Å². The first-order valence-corrected chi connectivity index (χ1v) is 3.53. The van der Waals surface area contributed by atoms with Gasteiger partial charge in [0.05, 0.1) is 0 Å². The Morgan fingerprint density at radius 2 is 2.00 bits per heavy atom. The first kappa shape index (κ1) is 8.70. The number of nitrogens with zero attached hydrogens (tertiary/aromatic N) is 1. The molecule has 0 unspecified atom stereocenters. The van der Waals surface area contributed by atoms with Crippen LogP contribution < -0.4 is 0 Å². The molecule has 0 radical (unpaired) electrons. The van der Waals surface area contributed by atoms with Crippen LogP contribution in [0, 0.1) is 0 Å². The third-order valence-corrected chi connectivity index (χ3v) is 1.21. The number of hydrogen-bond donors (Lipinski definition) is 0. The van der Waals surface area contributed by atoms with Gasteiger partial charge in [-0.25, -0.2) is 0 Å². The van der Waals surface area contributed by atoms with E-state index in [1.54, 1.807) is 0 Å². The lowest BCUT2D eigenvalue weighted by Crippen LogP contribution is -2.12. The molecule has 0 fully saturated rings. The highest BCUT2D eigenvalue weighted by atomic mass is 15.0. The zero-order chi connectivity index (χ0) is 7.11. The van der Waals surface area contributed by atoms with E-state index in [1.165, 1.54) is 19.4 Å². The van der Waals surface area contributed by atoms with Crippen molar-refractivity contribution in [3.8, 4) is 0 Å². The second-order valence-electron chi connectivity index (χ2n) is 2.51. The third-order valence-electron chi connectivity index (χ3n) is 1.21. The predicted octanol–water partition coefficient (Wildman–Crippen LogP) is 1.90. The highest BCUT2D eigenvalue weighted by Crippen LogP contribution is 1.91. The second-order valence-corrected chi connectivity index (χ2v) is 2.51. The van der Waals surface area contributed by atoms with Crippen molar-refractivity contribution in [3.63, 3.8) is 0 Å². The lowest BCUT2D eigenvalue weighted by atomic mass is 10.3. The van der Waals surface area contributed by atoms with Gasteiger partial charge >= 0.3 is 0 Å². The summed E-state index contributed by atoms with van der Waals surface area (Å²) in [6.07, 6.45) is 6.81. The Balaban J connectivity index is 2.91. The number of hydrogen-bond acceptors (Lipinski definition) is 1. The summed E-state index contributed by atoms with van der Waals surface area (Å²) in [5.41, 5.74) is 0. The summed E-state index contributed by atoms with van der Waals surface area (Å²) in [4.78, 5) is 2.21. The highest BCUT2D eigenvalue weighted by Gasteiger charge is 1.85. The maximum absolute atomic E-state index is 2.21. The van der Waals surface area contributed by atoms with Gasteiger partial charge in [-0.3, -0.25) is 0 Å². The second kappa shape index (κ2) is 5.83. The normalized spacial score (nSPS) is 11.6. The van der Waals surface area contributed by atoms with Gasteiger partial charge in [-0.15, -0.1) is 0 Å². The minimum absolute atomic E-state index is 1.20. The molecule has 0 amide bonds. The zero-order valence-corrected chi connectivity index (χ0v) is 6.72. The minimum atomic E-state index is 1.20. The molecular formula is C8H17N. The van der Waals surface area contributed by atoms with Gasteiger partial charge in [-0.1, -0.05) is 12.2 Å². The zero-order valence-electron chi connectivity index (χ0n) is 6.72. The van der Waals surface area contributed by atoms with E-state index in [0.717, 1.165) is 0 Å². The minimum Gasteiger partial charge on any atom is -0.309 e. The van der Waals surface area contributed by atoms with Crippen LogP contribution in [0.3, 0.4) is 0 Å². The van der Waals surface area contributed by atoms with E-state index in [9.17, 15) is 0 Å². The number of allylic oxidation sites excluding steroid dienone is 2. The van der Waals surface area contributed by atoms with E-state index in [0.29, 0.717) is 0 Å². The molecule has 0 bridgehead atoms. The molecule has 0 heterocycles. The summed E-state index contributed by atoms with van der Waals surface area (Å²) in [5.74, 6) is 0. The molecule has 0 saturated carbocycles. The quantitative estimate of drug-likeness (QED) is 0.412. The molecule has 54 valence electrons. The fraction of sp³-hybridized carbons (Fsp3) is 0.750. The first-order chi connectivity index (χ1) is 4.27. The largest absolute Gasteiger partial charge is 0.309 e. The monoisotopic (exact) mass is 127 g/mol. The Hall–Kier alpha value is -0.300. The maximum Gasteiger partial charge on any atom is -0.00219 e. The van der Waals surface area contributed by atoms with Crippen LogP contribution in [-0.4, -0.2) is 25.5 Å². The topological polar surface area (TPSA) is 3.24 Å². The average molecular weight is 127 g/mol. The highest BCUT2D eigenvalue weighted by molar-refractivity contribution is 4.76. The molecule has 9 heavy (non-hydrogen) atoms. The SMILES string of the molecule is CC=CCCCN(C)C. The maximum atomic E-state index is 2.21. The molecule has 0 spiro atoms. The van der Waals surface area contributed by atoms with Crippen molar-refractivity contribution >= 4 is 0 Å². The fourth-order valence-corrected chi connectivity index (χ4v) is 0.692. The van der Waals surface area contributed by atoms with Gasteiger partial charge in [0.15, 0.2) is 0 Å². The molecule has 0 rings (SSSR count). The van der Waals surface area contributed by atoms with E-state index in [-0.39, 0.29) is 0 Å². The first-order valence-electron chi connectivity index (χ1n) is 3.53. The van der Waals surface area contributed by atoms with Gasteiger partial charge in [0.1, 0.15) is 0 Å². The fourth-order valence-electron chi connectivity index (χ4n) is 0.692. The van der Waals surface area contributed by atoms with Crippen molar-refractivity contribution in [1.29, 1.82) is 0 Å². The molecule has 0 N–H and O–H groups in total. The molecule has 0 saturated heterocycles. The summed E-state index contributed by atoms with van der Waals surface area (Å²) < 4.78 is 0. The Labute approximate surface area is 58.4 Å². The molecule has 0 aliphatic carbocycles. The Morgan fingerprint density at radius 3 is 2.44 bits per heavy atom.